The molecule has 0 aliphatic carbocycles. The molecule has 1 N–H and O–H groups in total. The first-order chi connectivity index (χ1) is 13.2. The van der Waals surface area contributed by atoms with Crippen LogP contribution in [0.5, 0.6) is 0 Å². The van der Waals surface area contributed by atoms with E-state index in [1.807, 2.05) is 12.1 Å². The Morgan fingerprint density at radius 2 is 1.74 bits per heavy atom. The Morgan fingerprint density at radius 3 is 2.52 bits per heavy atom. The van der Waals surface area contributed by atoms with E-state index in [0.29, 0.717) is 16.0 Å². The van der Waals surface area contributed by atoms with E-state index in [0.717, 1.165) is 6.42 Å². The number of hydrogen-bond acceptors (Lipinski definition) is 1. The van der Waals surface area contributed by atoms with Crippen LogP contribution in [0.25, 0.3) is 10.9 Å². The molecular weight excluding hydrogens is 375 g/mol. The molecule has 0 bridgehead atoms. The van der Waals surface area contributed by atoms with Gasteiger partial charge >= 0.3 is 0 Å². The Labute approximate surface area is 171 Å². The van der Waals surface area contributed by atoms with Gasteiger partial charge in [0, 0.05) is 11.2 Å². The van der Waals surface area contributed by atoms with Crippen molar-refractivity contribution in [3.63, 3.8) is 0 Å². The third kappa shape index (κ3) is 4.68. The van der Waals surface area contributed by atoms with E-state index in [4.69, 9.17) is 23.2 Å². The summed E-state index contributed by atoms with van der Waals surface area (Å²) in [6, 6.07) is 16.9. The van der Waals surface area contributed by atoms with E-state index in [9.17, 15) is 0 Å². The van der Waals surface area contributed by atoms with E-state index in [1.165, 1.54) is 67.5 Å². The van der Waals surface area contributed by atoms with E-state index >= 15 is 0 Å². The number of fused-ring (bicyclic) bond motifs is 1. The smallest absolute Gasteiger partial charge is 0.0595 e. The molecule has 0 amide bonds. The highest BCUT2D eigenvalue weighted by Gasteiger charge is 2.20. The number of rotatable bonds is 6. The van der Waals surface area contributed by atoms with Crippen LogP contribution < -0.4 is 0 Å². The van der Waals surface area contributed by atoms with Crippen LogP contribution in [0.15, 0.2) is 48.5 Å². The van der Waals surface area contributed by atoms with Crippen molar-refractivity contribution in [2.75, 3.05) is 19.6 Å². The maximum atomic E-state index is 6.18. The SMILES string of the molecule is Clc1ccc(C2CCN(CCCCc3cc4ccccc4[nH]3)CC2)cc1Cl. The fourth-order valence-electron chi connectivity index (χ4n) is 4.18. The summed E-state index contributed by atoms with van der Waals surface area (Å²) in [5.41, 5.74) is 3.94. The second-order valence-electron chi connectivity index (χ2n) is 7.63. The van der Waals surface area contributed by atoms with Gasteiger partial charge in [0.2, 0.25) is 0 Å². The predicted octanol–water partition coefficient (Wildman–Crippen LogP) is 6.68. The van der Waals surface area contributed by atoms with Gasteiger partial charge in [0.05, 0.1) is 10.0 Å². The lowest BCUT2D eigenvalue weighted by Gasteiger charge is -2.32. The molecule has 2 aromatic carbocycles. The monoisotopic (exact) mass is 400 g/mol. The highest BCUT2D eigenvalue weighted by atomic mass is 35.5. The lowest BCUT2D eigenvalue weighted by Crippen LogP contribution is -2.33. The van der Waals surface area contributed by atoms with Crippen molar-refractivity contribution in [1.29, 1.82) is 0 Å². The fraction of sp³-hybridized carbons (Fsp3) is 0.391. The maximum absolute atomic E-state index is 6.18. The number of nitrogens with one attached hydrogen (secondary N) is 1. The minimum absolute atomic E-state index is 0.613. The number of unbranched alkanes of at least 4 members (excludes halogenated alkanes) is 1. The zero-order valence-corrected chi connectivity index (χ0v) is 17.1. The van der Waals surface area contributed by atoms with Crippen molar-refractivity contribution in [2.24, 2.45) is 0 Å². The fourth-order valence-corrected chi connectivity index (χ4v) is 4.48. The van der Waals surface area contributed by atoms with Crippen molar-refractivity contribution in [1.82, 2.24) is 9.88 Å². The number of aromatic nitrogens is 1. The Kier molecular flexibility index (Phi) is 6.07. The van der Waals surface area contributed by atoms with Gasteiger partial charge in [-0.2, -0.15) is 0 Å². The molecule has 4 heteroatoms. The minimum atomic E-state index is 0.613. The molecule has 4 rings (SSSR count). The van der Waals surface area contributed by atoms with Crippen LogP contribution in [0.4, 0.5) is 0 Å². The van der Waals surface area contributed by atoms with E-state index in [1.54, 1.807) is 0 Å². The number of aryl methyl sites for hydroxylation is 1. The number of likely N-dealkylation sites (tertiary alicyclic amines) is 1. The van der Waals surface area contributed by atoms with Crippen LogP contribution in [0.2, 0.25) is 10.0 Å². The molecular formula is C23H26Cl2N2. The number of nitrogens with zero attached hydrogens (tertiary/aromatic N) is 1. The highest BCUT2D eigenvalue weighted by molar-refractivity contribution is 6.42. The van der Waals surface area contributed by atoms with Crippen LogP contribution in [-0.4, -0.2) is 29.5 Å². The molecule has 27 heavy (non-hydrogen) atoms. The topological polar surface area (TPSA) is 19.0 Å². The van der Waals surface area contributed by atoms with Gasteiger partial charge in [-0.05, 0) is 92.9 Å². The van der Waals surface area contributed by atoms with Crippen molar-refractivity contribution in [3.8, 4) is 0 Å². The zero-order chi connectivity index (χ0) is 18.6. The van der Waals surface area contributed by atoms with E-state index < -0.39 is 0 Å². The molecule has 142 valence electrons. The van der Waals surface area contributed by atoms with Gasteiger partial charge in [-0.1, -0.05) is 47.5 Å². The average molecular weight is 401 g/mol. The first kappa shape index (κ1) is 18.9. The molecule has 1 aliphatic rings. The van der Waals surface area contributed by atoms with Crippen LogP contribution in [0.3, 0.4) is 0 Å². The van der Waals surface area contributed by atoms with Crippen LogP contribution in [0, 0.1) is 0 Å². The quantitative estimate of drug-likeness (QED) is 0.457. The highest BCUT2D eigenvalue weighted by Crippen LogP contribution is 2.32. The van der Waals surface area contributed by atoms with Crippen molar-refractivity contribution in [3.05, 3.63) is 69.8 Å². The number of aromatic amines is 1. The summed E-state index contributed by atoms with van der Waals surface area (Å²) in [6.07, 6.45) is 6.04. The number of para-hydroxylation sites is 1. The van der Waals surface area contributed by atoms with Gasteiger partial charge in [0.15, 0.2) is 0 Å². The first-order valence-electron chi connectivity index (χ1n) is 9.93. The van der Waals surface area contributed by atoms with Gasteiger partial charge in [0.1, 0.15) is 0 Å². The second-order valence-corrected chi connectivity index (χ2v) is 8.44. The normalized spacial score (nSPS) is 16.2. The summed E-state index contributed by atoms with van der Waals surface area (Å²) in [7, 11) is 0. The Hall–Kier alpha value is -1.48. The standard InChI is InChI=1S/C23H26Cl2N2/c24-21-9-8-18(16-22(21)25)17-10-13-27(14-11-17)12-4-3-6-20-15-19-5-1-2-7-23(19)26-20/h1-2,5,7-9,15-17,26H,3-4,6,10-14H2. The van der Waals surface area contributed by atoms with E-state index in [-0.39, 0.29) is 0 Å². The number of hydrogen-bond donors (Lipinski definition) is 1. The van der Waals surface area contributed by atoms with Crippen molar-refractivity contribution in [2.45, 2.75) is 38.0 Å². The van der Waals surface area contributed by atoms with Crippen LogP contribution in [-0.2, 0) is 6.42 Å². The molecule has 1 fully saturated rings. The lowest BCUT2D eigenvalue weighted by molar-refractivity contribution is 0.209. The molecule has 1 aromatic heterocycles. The number of H-pyrrole nitrogens is 1. The van der Waals surface area contributed by atoms with Gasteiger partial charge in [-0.25, -0.2) is 0 Å². The maximum Gasteiger partial charge on any atom is 0.0595 e. The molecule has 2 heterocycles. The number of piperidine rings is 1. The Balaban J connectivity index is 1.20. The van der Waals surface area contributed by atoms with E-state index in [2.05, 4.69) is 46.3 Å². The zero-order valence-electron chi connectivity index (χ0n) is 15.6. The van der Waals surface area contributed by atoms with Gasteiger partial charge in [-0.15, -0.1) is 0 Å². The minimum Gasteiger partial charge on any atom is -0.358 e. The summed E-state index contributed by atoms with van der Waals surface area (Å²) in [5, 5.41) is 2.64. The van der Waals surface area contributed by atoms with Gasteiger partial charge in [0.25, 0.3) is 0 Å². The predicted molar refractivity (Wildman–Crippen MR) is 116 cm³/mol. The molecule has 0 atom stereocenters. The Bertz CT molecular complexity index is 861. The summed E-state index contributed by atoms with van der Waals surface area (Å²) >= 11 is 12.2. The summed E-state index contributed by atoms with van der Waals surface area (Å²) in [6.45, 7) is 3.56. The summed E-state index contributed by atoms with van der Waals surface area (Å²) in [5.74, 6) is 0.613. The second kappa shape index (κ2) is 8.68. The summed E-state index contributed by atoms with van der Waals surface area (Å²) in [4.78, 5) is 6.14. The van der Waals surface area contributed by atoms with Gasteiger partial charge in [-0.3, -0.25) is 0 Å². The molecule has 0 unspecified atom stereocenters. The average Bonchev–Trinajstić information content (AvgIpc) is 3.11. The molecule has 1 aliphatic heterocycles. The molecule has 0 saturated carbocycles. The van der Waals surface area contributed by atoms with Crippen LogP contribution in [0.1, 0.15) is 42.9 Å². The molecule has 1 saturated heterocycles. The van der Waals surface area contributed by atoms with Gasteiger partial charge < -0.3 is 9.88 Å². The third-order valence-electron chi connectivity index (χ3n) is 5.76. The lowest BCUT2D eigenvalue weighted by atomic mass is 9.89. The number of halogens is 2. The third-order valence-corrected chi connectivity index (χ3v) is 6.50. The van der Waals surface area contributed by atoms with Crippen molar-refractivity contribution >= 4 is 34.1 Å². The molecule has 3 aromatic rings. The Morgan fingerprint density at radius 1 is 0.926 bits per heavy atom. The first-order valence-corrected chi connectivity index (χ1v) is 10.7. The molecule has 0 spiro atoms. The summed E-state index contributed by atoms with van der Waals surface area (Å²) < 4.78 is 0. The largest absolute Gasteiger partial charge is 0.358 e. The van der Waals surface area contributed by atoms with Crippen LogP contribution >= 0.6 is 23.2 Å². The number of benzene rings is 2. The van der Waals surface area contributed by atoms with Crippen molar-refractivity contribution < 1.29 is 0 Å². The molecule has 2 nitrogen and oxygen atoms in total. The molecule has 0 radical (unpaired) electrons.